The number of anilines is 1. The average molecular weight is 201 g/mol. The van der Waals surface area contributed by atoms with Gasteiger partial charge in [0.25, 0.3) is 0 Å². The molecular formula is C11H11N3O. The third kappa shape index (κ3) is 1.88. The molecule has 0 saturated carbocycles. The molecule has 2 aromatic rings. The maximum atomic E-state index is 11.1. The van der Waals surface area contributed by atoms with E-state index in [0.717, 1.165) is 22.5 Å². The van der Waals surface area contributed by atoms with E-state index in [1.807, 2.05) is 25.1 Å². The third-order valence-corrected chi connectivity index (χ3v) is 2.05. The number of hydrogen-bond donors (Lipinski definition) is 2. The van der Waals surface area contributed by atoms with Gasteiger partial charge < -0.3 is 10.3 Å². The van der Waals surface area contributed by atoms with E-state index in [1.54, 1.807) is 0 Å². The van der Waals surface area contributed by atoms with E-state index < -0.39 is 0 Å². The van der Waals surface area contributed by atoms with Gasteiger partial charge in [-0.25, -0.2) is 4.98 Å². The molecule has 0 spiro atoms. The zero-order chi connectivity index (χ0) is 10.8. The lowest BCUT2D eigenvalue weighted by atomic mass is 10.3. The van der Waals surface area contributed by atoms with E-state index in [-0.39, 0.29) is 5.91 Å². The van der Waals surface area contributed by atoms with Crippen LogP contribution in [0.3, 0.4) is 0 Å². The molecule has 76 valence electrons. The Balaban J connectivity index is 2.37. The fourth-order valence-corrected chi connectivity index (χ4v) is 1.41. The second-order valence-electron chi connectivity index (χ2n) is 3.25. The summed E-state index contributed by atoms with van der Waals surface area (Å²) in [4.78, 5) is 18.4. The van der Waals surface area contributed by atoms with Crippen LogP contribution in [0.4, 0.5) is 5.69 Å². The van der Waals surface area contributed by atoms with Gasteiger partial charge in [0.2, 0.25) is 5.91 Å². The number of aromatic nitrogens is 2. The van der Waals surface area contributed by atoms with Gasteiger partial charge in [-0.3, -0.25) is 4.79 Å². The Bertz CT molecular complexity index is 528. The summed E-state index contributed by atoms with van der Waals surface area (Å²) >= 11 is 0. The van der Waals surface area contributed by atoms with Crippen molar-refractivity contribution in [1.29, 1.82) is 0 Å². The van der Waals surface area contributed by atoms with Crippen molar-refractivity contribution in [2.24, 2.45) is 0 Å². The van der Waals surface area contributed by atoms with Gasteiger partial charge in [-0.05, 0) is 31.2 Å². The highest BCUT2D eigenvalue weighted by Crippen LogP contribution is 2.16. The molecule has 0 aliphatic carbocycles. The summed E-state index contributed by atoms with van der Waals surface area (Å²) in [7, 11) is 0. The van der Waals surface area contributed by atoms with Crippen LogP contribution in [-0.2, 0) is 4.79 Å². The fourth-order valence-electron chi connectivity index (χ4n) is 1.41. The molecule has 0 atom stereocenters. The first-order valence-corrected chi connectivity index (χ1v) is 4.59. The highest BCUT2D eigenvalue weighted by Gasteiger charge is 2.01. The number of amides is 1. The number of carbonyl (C=O) groups is 1. The number of nitrogens with one attached hydrogen (secondary N) is 2. The molecule has 0 fully saturated rings. The standard InChI is InChI=1S/C11H11N3O/c1-3-11(15)14-8-4-5-9-10(6-8)13-7(2)12-9/h3-6H,1H2,2H3,(H,12,13)(H,14,15). The molecule has 0 saturated heterocycles. The van der Waals surface area contributed by atoms with Crippen LogP contribution in [-0.4, -0.2) is 15.9 Å². The first-order chi connectivity index (χ1) is 7.19. The van der Waals surface area contributed by atoms with E-state index in [1.165, 1.54) is 6.08 Å². The Morgan fingerprint density at radius 2 is 2.40 bits per heavy atom. The van der Waals surface area contributed by atoms with Gasteiger partial charge in [-0.1, -0.05) is 6.58 Å². The van der Waals surface area contributed by atoms with Crippen molar-refractivity contribution in [2.75, 3.05) is 5.32 Å². The molecule has 2 N–H and O–H groups in total. The Labute approximate surface area is 87.0 Å². The van der Waals surface area contributed by atoms with Gasteiger partial charge in [0.05, 0.1) is 11.0 Å². The van der Waals surface area contributed by atoms with Gasteiger partial charge in [0.1, 0.15) is 5.82 Å². The second-order valence-corrected chi connectivity index (χ2v) is 3.25. The number of hydrogen-bond acceptors (Lipinski definition) is 2. The van der Waals surface area contributed by atoms with E-state index in [0.29, 0.717) is 0 Å². The van der Waals surface area contributed by atoms with Gasteiger partial charge in [0, 0.05) is 5.69 Å². The number of aromatic amines is 1. The summed E-state index contributed by atoms with van der Waals surface area (Å²) in [6.45, 7) is 5.28. The van der Waals surface area contributed by atoms with E-state index in [9.17, 15) is 4.79 Å². The molecule has 0 bridgehead atoms. The molecule has 0 aliphatic rings. The van der Waals surface area contributed by atoms with Crippen molar-refractivity contribution in [1.82, 2.24) is 9.97 Å². The van der Waals surface area contributed by atoms with E-state index in [4.69, 9.17) is 0 Å². The van der Waals surface area contributed by atoms with Gasteiger partial charge >= 0.3 is 0 Å². The van der Waals surface area contributed by atoms with Crippen molar-refractivity contribution in [3.63, 3.8) is 0 Å². The normalized spacial score (nSPS) is 10.2. The monoisotopic (exact) mass is 201 g/mol. The lowest BCUT2D eigenvalue weighted by molar-refractivity contribution is -0.111. The Kier molecular flexibility index (Phi) is 2.25. The summed E-state index contributed by atoms with van der Waals surface area (Å²) in [5.41, 5.74) is 2.54. The maximum absolute atomic E-state index is 11.1. The molecule has 1 amide bonds. The van der Waals surface area contributed by atoms with Crippen LogP contribution in [0.15, 0.2) is 30.9 Å². The van der Waals surface area contributed by atoms with Crippen LogP contribution < -0.4 is 5.32 Å². The zero-order valence-corrected chi connectivity index (χ0v) is 8.37. The molecule has 4 heteroatoms. The van der Waals surface area contributed by atoms with Crippen LogP contribution in [0.1, 0.15) is 5.82 Å². The summed E-state index contributed by atoms with van der Waals surface area (Å²) in [6.07, 6.45) is 1.24. The van der Waals surface area contributed by atoms with Crippen molar-refractivity contribution in [3.8, 4) is 0 Å². The first-order valence-electron chi connectivity index (χ1n) is 4.59. The molecule has 0 aliphatic heterocycles. The summed E-state index contributed by atoms with van der Waals surface area (Å²) in [5.74, 6) is 0.641. The van der Waals surface area contributed by atoms with Crippen molar-refractivity contribution >= 4 is 22.6 Å². The lowest BCUT2D eigenvalue weighted by Gasteiger charge is -2.00. The largest absolute Gasteiger partial charge is 0.342 e. The first kappa shape index (κ1) is 9.45. The lowest BCUT2D eigenvalue weighted by Crippen LogP contribution is -2.06. The molecule has 1 aromatic heterocycles. The fraction of sp³-hybridized carbons (Fsp3) is 0.0909. The van der Waals surface area contributed by atoms with Crippen LogP contribution in [0, 0.1) is 6.92 Å². The number of rotatable bonds is 2. The van der Waals surface area contributed by atoms with Gasteiger partial charge in [-0.15, -0.1) is 0 Å². The smallest absolute Gasteiger partial charge is 0.247 e. The predicted molar refractivity (Wildman–Crippen MR) is 59.7 cm³/mol. The molecular weight excluding hydrogens is 190 g/mol. The van der Waals surface area contributed by atoms with Gasteiger partial charge in [0.15, 0.2) is 0 Å². The maximum Gasteiger partial charge on any atom is 0.247 e. The number of carbonyl (C=O) groups excluding carboxylic acids is 1. The molecule has 1 aromatic carbocycles. The van der Waals surface area contributed by atoms with Gasteiger partial charge in [-0.2, -0.15) is 0 Å². The molecule has 15 heavy (non-hydrogen) atoms. The Hall–Kier alpha value is -2.10. The van der Waals surface area contributed by atoms with Crippen LogP contribution in [0.5, 0.6) is 0 Å². The van der Waals surface area contributed by atoms with E-state index in [2.05, 4.69) is 21.9 Å². The molecule has 1 heterocycles. The number of aryl methyl sites for hydroxylation is 1. The molecule has 0 radical (unpaired) electrons. The Morgan fingerprint density at radius 1 is 1.60 bits per heavy atom. The summed E-state index contributed by atoms with van der Waals surface area (Å²) in [5, 5.41) is 2.69. The Morgan fingerprint density at radius 3 is 3.13 bits per heavy atom. The van der Waals surface area contributed by atoms with Crippen LogP contribution in [0.25, 0.3) is 11.0 Å². The number of imidazole rings is 1. The second kappa shape index (κ2) is 3.57. The quantitative estimate of drug-likeness (QED) is 0.730. The zero-order valence-electron chi connectivity index (χ0n) is 8.37. The predicted octanol–water partition coefficient (Wildman–Crippen LogP) is 2.00. The van der Waals surface area contributed by atoms with Crippen molar-refractivity contribution in [3.05, 3.63) is 36.7 Å². The topological polar surface area (TPSA) is 57.8 Å². The SMILES string of the molecule is C=CC(=O)Nc1ccc2nc(C)[nH]c2c1. The van der Waals surface area contributed by atoms with Crippen LogP contribution in [0.2, 0.25) is 0 Å². The average Bonchev–Trinajstić information content (AvgIpc) is 2.57. The minimum atomic E-state index is -0.217. The molecule has 4 nitrogen and oxygen atoms in total. The minimum Gasteiger partial charge on any atom is -0.342 e. The number of benzene rings is 1. The van der Waals surface area contributed by atoms with Crippen molar-refractivity contribution in [2.45, 2.75) is 6.92 Å². The number of fused-ring (bicyclic) bond motifs is 1. The molecule has 0 unspecified atom stereocenters. The highest BCUT2D eigenvalue weighted by molar-refractivity contribution is 5.99. The molecule has 2 rings (SSSR count). The summed E-state index contributed by atoms with van der Waals surface area (Å²) in [6, 6.07) is 5.51. The third-order valence-electron chi connectivity index (χ3n) is 2.05. The van der Waals surface area contributed by atoms with Crippen molar-refractivity contribution < 1.29 is 4.79 Å². The number of nitrogens with zero attached hydrogens (tertiary/aromatic N) is 1. The van der Waals surface area contributed by atoms with E-state index >= 15 is 0 Å². The number of H-pyrrole nitrogens is 1. The highest BCUT2D eigenvalue weighted by atomic mass is 16.1. The minimum absolute atomic E-state index is 0.217. The summed E-state index contributed by atoms with van der Waals surface area (Å²) < 4.78 is 0. The van der Waals surface area contributed by atoms with Crippen LogP contribution >= 0.6 is 0 Å².